The van der Waals surface area contributed by atoms with Gasteiger partial charge in [-0.05, 0) is 64.2 Å². The van der Waals surface area contributed by atoms with E-state index in [4.69, 9.17) is 18.5 Å². The van der Waals surface area contributed by atoms with Gasteiger partial charge in [-0.25, -0.2) is 4.57 Å². The molecule has 0 aromatic rings. The molecule has 0 heterocycles. The molecule has 0 saturated heterocycles. The number of phosphoric acid groups is 1. The number of unbranched alkanes of at least 4 members (excludes halogenated alkanes) is 19. The molecule has 0 saturated carbocycles. The van der Waals surface area contributed by atoms with Gasteiger partial charge in [-0.1, -0.05) is 122 Å². The Morgan fingerprint density at radius 1 is 0.588 bits per heavy atom. The quantitative estimate of drug-likeness (QED) is 0.0220. The van der Waals surface area contributed by atoms with Crippen molar-refractivity contribution in [1.29, 1.82) is 0 Å². The third kappa shape index (κ3) is 38.0. The number of hydrogen-bond acceptors (Lipinski definition) is 7. The van der Waals surface area contributed by atoms with Gasteiger partial charge in [0.15, 0.2) is 6.10 Å². The second kappa shape index (κ2) is 34.3. The number of ether oxygens (including phenoxy) is 2. The van der Waals surface area contributed by atoms with Gasteiger partial charge in [-0.2, -0.15) is 0 Å². The first-order chi connectivity index (χ1) is 24.5. The lowest BCUT2D eigenvalue weighted by atomic mass is 10.1. The molecule has 0 aromatic carbocycles. The number of hydrogen-bond donors (Lipinski definition) is 1. The first kappa shape index (κ1) is 49.5. The minimum absolute atomic E-state index is 0.0297. The standard InChI is InChI=1S/C41H78NO8P/c1-6-8-10-12-14-16-18-20-22-24-26-28-30-32-34-41(44)50-39(38-49-51(45,46)48-36-35-42(3,4)5)37-47-40(43)33-31-29-27-25-23-21-19-17-15-13-11-9-7-2/h17-20,39H,6-16,21-38H2,1-5H3/p+1/b19-17+,20-18+/t39-/m1/s1. The van der Waals surface area contributed by atoms with E-state index in [-0.39, 0.29) is 32.0 Å². The average molecular weight is 745 g/mol. The van der Waals surface area contributed by atoms with Crippen LogP contribution < -0.4 is 0 Å². The number of rotatable bonds is 37. The van der Waals surface area contributed by atoms with Crippen molar-refractivity contribution < 1.29 is 42.1 Å². The van der Waals surface area contributed by atoms with E-state index in [1.165, 1.54) is 70.6 Å². The van der Waals surface area contributed by atoms with Crippen LogP contribution in [0.2, 0.25) is 0 Å². The van der Waals surface area contributed by atoms with Gasteiger partial charge in [0.05, 0.1) is 27.7 Å². The van der Waals surface area contributed by atoms with Crippen molar-refractivity contribution in [3.63, 3.8) is 0 Å². The summed E-state index contributed by atoms with van der Waals surface area (Å²) in [5, 5.41) is 0. The molecular formula is C41H79NO8P+. The first-order valence-corrected chi connectivity index (χ1v) is 22.1. The highest BCUT2D eigenvalue weighted by Crippen LogP contribution is 2.43. The summed E-state index contributed by atoms with van der Waals surface area (Å²) in [4.78, 5) is 35.2. The number of likely N-dealkylation sites (N-methyl/N-ethyl adjacent to an activating group) is 1. The number of nitrogens with zero attached hydrogens (tertiary/aromatic N) is 1. The van der Waals surface area contributed by atoms with E-state index in [9.17, 15) is 19.0 Å². The van der Waals surface area contributed by atoms with E-state index in [0.717, 1.165) is 70.6 Å². The van der Waals surface area contributed by atoms with Crippen molar-refractivity contribution >= 4 is 19.8 Å². The smallest absolute Gasteiger partial charge is 0.462 e. The lowest BCUT2D eigenvalue weighted by molar-refractivity contribution is -0.870. The molecule has 0 rings (SSSR count). The number of allylic oxidation sites excluding steroid dienone is 4. The summed E-state index contributed by atoms with van der Waals surface area (Å²) in [6.07, 6.45) is 35.0. The van der Waals surface area contributed by atoms with Crippen molar-refractivity contribution in [2.75, 3.05) is 47.5 Å². The molecular weight excluding hydrogens is 665 g/mol. The minimum Gasteiger partial charge on any atom is -0.462 e. The maximum absolute atomic E-state index is 12.6. The first-order valence-electron chi connectivity index (χ1n) is 20.6. The van der Waals surface area contributed by atoms with Crippen LogP contribution in [0.4, 0.5) is 0 Å². The Balaban J connectivity index is 4.43. The molecule has 51 heavy (non-hydrogen) atoms. The van der Waals surface area contributed by atoms with Gasteiger partial charge in [-0.15, -0.1) is 0 Å². The Labute approximate surface area is 313 Å². The maximum atomic E-state index is 12.6. The molecule has 10 heteroatoms. The number of quaternary nitrogens is 1. The molecule has 0 radical (unpaired) electrons. The Morgan fingerprint density at radius 2 is 1.00 bits per heavy atom. The fraction of sp³-hybridized carbons (Fsp3) is 0.854. The van der Waals surface area contributed by atoms with Crippen LogP contribution in [0.25, 0.3) is 0 Å². The van der Waals surface area contributed by atoms with Crippen molar-refractivity contribution in [1.82, 2.24) is 0 Å². The molecule has 2 atom stereocenters. The Bertz CT molecular complexity index is 933. The molecule has 0 amide bonds. The molecule has 0 aliphatic carbocycles. The second-order valence-electron chi connectivity index (χ2n) is 15.0. The largest absolute Gasteiger partial charge is 0.472 e. The molecule has 300 valence electrons. The van der Waals surface area contributed by atoms with Gasteiger partial charge in [0.2, 0.25) is 0 Å². The molecule has 1 N–H and O–H groups in total. The van der Waals surface area contributed by atoms with E-state index in [0.29, 0.717) is 17.4 Å². The highest BCUT2D eigenvalue weighted by Gasteiger charge is 2.27. The van der Waals surface area contributed by atoms with E-state index in [2.05, 4.69) is 38.2 Å². The highest BCUT2D eigenvalue weighted by atomic mass is 31.2. The van der Waals surface area contributed by atoms with E-state index in [1.54, 1.807) is 0 Å². The van der Waals surface area contributed by atoms with Gasteiger partial charge in [0.25, 0.3) is 0 Å². The van der Waals surface area contributed by atoms with Crippen LogP contribution in [-0.4, -0.2) is 74.9 Å². The average Bonchev–Trinajstić information content (AvgIpc) is 3.07. The number of carbonyl (C=O) groups excluding carboxylic acids is 2. The van der Waals surface area contributed by atoms with Gasteiger partial charge < -0.3 is 18.9 Å². The number of carbonyl (C=O) groups is 2. The van der Waals surface area contributed by atoms with Crippen LogP contribution in [0.5, 0.6) is 0 Å². The summed E-state index contributed by atoms with van der Waals surface area (Å²) < 4.78 is 34.2. The second-order valence-corrected chi connectivity index (χ2v) is 16.5. The SMILES string of the molecule is CCCCCC/C=C/CCCCCCCC(=O)OC[C@H](COP(=O)(O)OCC[N+](C)(C)C)OC(=O)CCCCCCC/C=C/CCCCCCC. The molecule has 0 bridgehead atoms. The molecule has 0 spiro atoms. The zero-order valence-electron chi connectivity index (χ0n) is 33.6. The predicted molar refractivity (Wildman–Crippen MR) is 211 cm³/mol. The molecule has 0 aromatic heterocycles. The van der Waals surface area contributed by atoms with Crippen molar-refractivity contribution in [2.24, 2.45) is 0 Å². The Hall–Kier alpha value is -1.51. The monoisotopic (exact) mass is 745 g/mol. The van der Waals surface area contributed by atoms with Gasteiger partial charge in [0.1, 0.15) is 19.8 Å². The topological polar surface area (TPSA) is 108 Å². The summed E-state index contributed by atoms with van der Waals surface area (Å²) in [7, 11) is 1.47. The van der Waals surface area contributed by atoms with Crippen molar-refractivity contribution in [3.05, 3.63) is 24.3 Å². The summed E-state index contributed by atoms with van der Waals surface area (Å²) in [5.41, 5.74) is 0. The van der Waals surface area contributed by atoms with Gasteiger partial charge in [0, 0.05) is 12.8 Å². The maximum Gasteiger partial charge on any atom is 0.472 e. The van der Waals surface area contributed by atoms with Crippen molar-refractivity contribution in [2.45, 2.75) is 180 Å². The van der Waals surface area contributed by atoms with Crippen LogP contribution in [0.3, 0.4) is 0 Å². The molecule has 0 fully saturated rings. The molecule has 0 aliphatic heterocycles. The normalized spacial score (nSPS) is 13.9. The summed E-state index contributed by atoms with van der Waals surface area (Å²) >= 11 is 0. The van der Waals surface area contributed by atoms with Gasteiger partial charge in [-0.3, -0.25) is 18.6 Å². The summed E-state index contributed by atoms with van der Waals surface area (Å²) in [5.74, 6) is -0.818. The predicted octanol–water partition coefficient (Wildman–Crippen LogP) is 11.2. The van der Waals surface area contributed by atoms with Crippen LogP contribution in [-0.2, 0) is 32.7 Å². The van der Waals surface area contributed by atoms with E-state index < -0.39 is 26.5 Å². The zero-order chi connectivity index (χ0) is 37.9. The Kier molecular flexibility index (Phi) is 33.3. The fourth-order valence-corrected chi connectivity index (χ4v) is 6.16. The number of esters is 2. The zero-order valence-corrected chi connectivity index (χ0v) is 34.5. The van der Waals surface area contributed by atoms with Crippen LogP contribution in [0.1, 0.15) is 174 Å². The summed E-state index contributed by atoms with van der Waals surface area (Å²) in [6, 6.07) is 0. The van der Waals surface area contributed by atoms with Crippen LogP contribution in [0, 0.1) is 0 Å². The molecule has 0 aliphatic rings. The minimum atomic E-state index is -4.37. The third-order valence-electron chi connectivity index (χ3n) is 8.70. The molecule has 9 nitrogen and oxygen atoms in total. The number of phosphoric ester groups is 1. The fourth-order valence-electron chi connectivity index (χ4n) is 5.41. The third-order valence-corrected chi connectivity index (χ3v) is 9.69. The Morgan fingerprint density at radius 3 is 1.47 bits per heavy atom. The van der Waals surface area contributed by atoms with Gasteiger partial charge >= 0.3 is 19.8 Å². The van der Waals surface area contributed by atoms with E-state index in [1.807, 2.05) is 21.1 Å². The molecule has 1 unspecified atom stereocenters. The summed E-state index contributed by atoms with van der Waals surface area (Å²) in [6.45, 7) is 4.37. The highest BCUT2D eigenvalue weighted by molar-refractivity contribution is 7.47. The van der Waals surface area contributed by atoms with Crippen molar-refractivity contribution in [3.8, 4) is 0 Å². The van der Waals surface area contributed by atoms with Crippen LogP contribution in [0.15, 0.2) is 24.3 Å². The van der Waals surface area contributed by atoms with E-state index >= 15 is 0 Å². The van der Waals surface area contributed by atoms with Crippen LogP contribution >= 0.6 is 7.82 Å². The lowest BCUT2D eigenvalue weighted by Gasteiger charge is -2.24. The lowest BCUT2D eigenvalue weighted by Crippen LogP contribution is -2.37.